The van der Waals surface area contributed by atoms with Crippen molar-refractivity contribution in [1.82, 2.24) is 5.32 Å². The maximum absolute atomic E-state index is 12.9. The lowest BCUT2D eigenvalue weighted by Gasteiger charge is -2.09. The minimum Gasteiger partial charge on any atom is -0.492 e. The van der Waals surface area contributed by atoms with Crippen molar-refractivity contribution >= 4 is 34.6 Å². The van der Waals surface area contributed by atoms with Crippen LogP contribution in [0, 0.1) is 0 Å². The zero-order chi connectivity index (χ0) is 21.3. The summed E-state index contributed by atoms with van der Waals surface area (Å²) in [7, 11) is 0. The van der Waals surface area contributed by atoms with Crippen LogP contribution in [0.25, 0.3) is 10.4 Å². The van der Waals surface area contributed by atoms with E-state index in [0.29, 0.717) is 35.2 Å². The molecule has 7 heteroatoms. The molecule has 0 aliphatic rings. The van der Waals surface area contributed by atoms with Crippen molar-refractivity contribution in [2.24, 2.45) is 0 Å². The van der Waals surface area contributed by atoms with Gasteiger partial charge >= 0.3 is 6.03 Å². The van der Waals surface area contributed by atoms with Gasteiger partial charge in [-0.25, -0.2) is 4.79 Å². The molecule has 3 aromatic rings. The van der Waals surface area contributed by atoms with Crippen molar-refractivity contribution in [3.8, 4) is 16.2 Å². The highest BCUT2D eigenvalue weighted by Crippen LogP contribution is 2.36. The number of benzene rings is 2. The Kier molecular flexibility index (Phi) is 7.24. The summed E-state index contributed by atoms with van der Waals surface area (Å²) >= 11 is 1.39. The number of ether oxygens (including phenoxy) is 1. The average Bonchev–Trinajstić information content (AvgIpc) is 3.19. The molecule has 0 fully saturated rings. The first-order valence-corrected chi connectivity index (χ1v) is 10.3. The van der Waals surface area contributed by atoms with Gasteiger partial charge in [0.1, 0.15) is 10.6 Å². The Labute approximate surface area is 179 Å². The number of hydrogen-bond acceptors (Lipinski definition) is 4. The SMILES string of the molecule is C=CCNC(=O)Nc1ccc(NC(=O)c2sc(-c3ccccc3)cc2OCC)cc1. The number of amides is 3. The molecule has 1 aromatic heterocycles. The van der Waals surface area contributed by atoms with E-state index in [4.69, 9.17) is 4.74 Å². The van der Waals surface area contributed by atoms with Crippen molar-refractivity contribution in [2.45, 2.75) is 6.92 Å². The van der Waals surface area contributed by atoms with Gasteiger partial charge in [-0.2, -0.15) is 0 Å². The van der Waals surface area contributed by atoms with Gasteiger partial charge in [0.15, 0.2) is 0 Å². The number of thiophene rings is 1. The summed E-state index contributed by atoms with van der Waals surface area (Å²) in [6, 6.07) is 18.3. The number of carbonyl (C=O) groups excluding carboxylic acids is 2. The van der Waals surface area contributed by atoms with Gasteiger partial charge in [-0.3, -0.25) is 4.79 Å². The van der Waals surface area contributed by atoms with Crippen LogP contribution in [0.2, 0.25) is 0 Å². The first kappa shape index (κ1) is 21.1. The van der Waals surface area contributed by atoms with E-state index in [1.165, 1.54) is 11.3 Å². The van der Waals surface area contributed by atoms with Crippen LogP contribution in [-0.2, 0) is 0 Å². The van der Waals surface area contributed by atoms with Crippen molar-refractivity contribution in [1.29, 1.82) is 0 Å². The van der Waals surface area contributed by atoms with E-state index < -0.39 is 0 Å². The molecule has 1 heterocycles. The molecule has 0 aliphatic carbocycles. The highest BCUT2D eigenvalue weighted by molar-refractivity contribution is 7.17. The second-order valence-corrected chi connectivity index (χ2v) is 7.31. The number of carbonyl (C=O) groups is 2. The molecule has 6 nitrogen and oxygen atoms in total. The largest absolute Gasteiger partial charge is 0.492 e. The molecule has 30 heavy (non-hydrogen) atoms. The Hall–Kier alpha value is -3.58. The molecule has 3 N–H and O–H groups in total. The van der Waals surface area contributed by atoms with Gasteiger partial charge in [-0.15, -0.1) is 17.9 Å². The summed E-state index contributed by atoms with van der Waals surface area (Å²) in [5, 5.41) is 8.23. The van der Waals surface area contributed by atoms with Crippen LogP contribution in [0.4, 0.5) is 16.2 Å². The molecule has 0 aliphatic heterocycles. The first-order chi connectivity index (χ1) is 14.6. The minimum absolute atomic E-state index is 0.241. The second kappa shape index (κ2) is 10.3. The lowest BCUT2D eigenvalue weighted by Crippen LogP contribution is -2.28. The predicted molar refractivity (Wildman–Crippen MR) is 123 cm³/mol. The maximum Gasteiger partial charge on any atom is 0.319 e. The fraction of sp³-hybridized carbons (Fsp3) is 0.130. The van der Waals surface area contributed by atoms with Gasteiger partial charge < -0.3 is 20.7 Å². The van der Waals surface area contributed by atoms with E-state index in [1.54, 1.807) is 30.3 Å². The van der Waals surface area contributed by atoms with E-state index in [-0.39, 0.29) is 11.9 Å². The summed E-state index contributed by atoms with van der Waals surface area (Å²) in [6.07, 6.45) is 1.60. The van der Waals surface area contributed by atoms with Crippen molar-refractivity contribution in [3.63, 3.8) is 0 Å². The summed E-state index contributed by atoms with van der Waals surface area (Å²) in [5.74, 6) is 0.325. The molecule has 3 amide bonds. The Morgan fingerprint density at radius 3 is 2.33 bits per heavy atom. The predicted octanol–water partition coefficient (Wildman–Crippen LogP) is 5.37. The Bertz CT molecular complexity index is 1010. The lowest BCUT2D eigenvalue weighted by molar-refractivity contribution is 0.102. The smallest absolute Gasteiger partial charge is 0.319 e. The first-order valence-electron chi connectivity index (χ1n) is 9.50. The number of urea groups is 1. The molecule has 0 radical (unpaired) electrons. The van der Waals surface area contributed by atoms with Crippen molar-refractivity contribution in [3.05, 3.63) is 78.2 Å². The third-order valence-corrected chi connectivity index (χ3v) is 5.23. The van der Waals surface area contributed by atoms with Crippen LogP contribution in [0.5, 0.6) is 5.75 Å². The fourth-order valence-electron chi connectivity index (χ4n) is 2.70. The monoisotopic (exact) mass is 421 g/mol. The van der Waals surface area contributed by atoms with E-state index in [9.17, 15) is 9.59 Å². The van der Waals surface area contributed by atoms with Crippen LogP contribution in [0.15, 0.2) is 73.3 Å². The molecular formula is C23H23N3O3S. The Morgan fingerprint density at radius 1 is 1.03 bits per heavy atom. The van der Waals surface area contributed by atoms with Gasteiger partial charge in [0.2, 0.25) is 0 Å². The molecule has 0 unspecified atom stereocenters. The number of anilines is 2. The molecule has 0 saturated carbocycles. The second-order valence-electron chi connectivity index (χ2n) is 6.26. The van der Waals surface area contributed by atoms with E-state index in [2.05, 4.69) is 22.5 Å². The number of rotatable bonds is 8. The minimum atomic E-state index is -0.319. The summed E-state index contributed by atoms with van der Waals surface area (Å²) < 4.78 is 5.68. The van der Waals surface area contributed by atoms with Crippen LogP contribution in [0.1, 0.15) is 16.6 Å². The molecule has 3 rings (SSSR count). The Morgan fingerprint density at radius 2 is 1.70 bits per heavy atom. The molecule has 0 atom stereocenters. The highest BCUT2D eigenvalue weighted by Gasteiger charge is 2.18. The average molecular weight is 422 g/mol. The zero-order valence-corrected chi connectivity index (χ0v) is 17.4. The van der Waals surface area contributed by atoms with Crippen LogP contribution < -0.4 is 20.7 Å². The number of nitrogens with one attached hydrogen (secondary N) is 3. The summed E-state index contributed by atoms with van der Waals surface area (Å²) in [5.41, 5.74) is 2.27. The maximum atomic E-state index is 12.9. The fourth-order valence-corrected chi connectivity index (χ4v) is 3.71. The molecule has 154 valence electrons. The molecule has 0 bridgehead atoms. The molecular weight excluding hydrogens is 398 g/mol. The van der Waals surface area contributed by atoms with Gasteiger partial charge in [-0.05, 0) is 42.8 Å². The van der Waals surface area contributed by atoms with Gasteiger partial charge in [0.05, 0.1) is 6.61 Å². The van der Waals surface area contributed by atoms with Gasteiger partial charge in [-0.1, -0.05) is 36.4 Å². The third kappa shape index (κ3) is 5.48. The summed E-state index contributed by atoms with van der Waals surface area (Å²) in [4.78, 5) is 26.0. The highest BCUT2D eigenvalue weighted by atomic mass is 32.1. The van der Waals surface area contributed by atoms with Crippen LogP contribution in [-0.4, -0.2) is 25.1 Å². The van der Waals surface area contributed by atoms with Crippen molar-refractivity contribution < 1.29 is 14.3 Å². The third-order valence-electron chi connectivity index (χ3n) is 4.07. The van der Waals surface area contributed by atoms with Crippen LogP contribution in [0.3, 0.4) is 0 Å². The Balaban J connectivity index is 1.71. The topological polar surface area (TPSA) is 79.5 Å². The normalized spacial score (nSPS) is 10.2. The van der Waals surface area contributed by atoms with Crippen molar-refractivity contribution in [2.75, 3.05) is 23.8 Å². The molecule has 0 spiro atoms. The molecule has 2 aromatic carbocycles. The van der Waals surface area contributed by atoms with Gasteiger partial charge in [0.25, 0.3) is 5.91 Å². The number of hydrogen-bond donors (Lipinski definition) is 3. The van der Waals surface area contributed by atoms with Crippen LogP contribution >= 0.6 is 11.3 Å². The quantitative estimate of drug-likeness (QED) is 0.428. The standard InChI is InChI=1S/C23H23N3O3S/c1-3-14-24-23(28)26-18-12-10-17(11-13-18)25-22(27)21-19(29-4-2)15-20(30-21)16-8-6-5-7-9-16/h3,5-13,15H,1,4,14H2,2H3,(H,25,27)(H2,24,26,28). The zero-order valence-electron chi connectivity index (χ0n) is 16.6. The van der Waals surface area contributed by atoms with E-state index in [0.717, 1.165) is 10.4 Å². The van der Waals surface area contributed by atoms with Gasteiger partial charge in [0, 0.05) is 22.8 Å². The lowest BCUT2D eigenvalue weighted by atomic mass is 10.2. The molecule has 0 saturated heterocycles. The van der Waals surface area contributed by atoms with E-state index in [1.807, 2.05) is 43.3 Å². The van der Waals surface area contributed by atoms with E-state index >= 15 is 0 Å². The summed E-state index contributed by atoms with van der Waals surface area (Å²) in [6.45, 7) is 6.29.